The molecule has 0 bridgehead atoms. The maximum absolute atomic E-state index is 12.8. The number of ketones is 2. The Hall–Kier alpha value is -2.66. The van der Waals surface area contributed by atoms with Crippen molar-refractivity contribution >= 4 is 11.6 Å². The molecule has 9 heteroatoms. The molecule has 1 saturated heterocycles. The van der Waals surface area contributed by atoms with Crippen molar-refractivity contribution in [2.75, 3.05) is 6.61 Å². The van der Waals surface area contributed by atoms with E-state index in [-0.39, 0.29) is 33.8 Å². The maximum Gasteiger partial charge on any atom is 0.355 e. The highest BCUT2D eigenvalue weighted by Gasteiger charge is 2.55. The van der Waals surface area contributed by atoms with Crippen molar-refractivity contribution in [3.05, 3.63) is 64.7 Å². The molecule has 152 valence electrons. The first-order chi connectivity index (χ1) is 13.8. The SMILES string of the molecule is O=C1c2ccccc2C(=O)c2cc(O[C@@]3(O)O[C@H](CO)[C@@H](O)[C@H](O)[C@H]3O)ccc21. The van der Waals surface area contributed by atoms with Gasteiger partial charge in [0.15, 0.2) is 17.7 Å². The van der Waals surface area contributed by atoms with Crippen LogP contribution in [0.3, 0.4) is 0 Å². The average Bonchev–Trinajstić information content (AvgIpc) is 2.73. The van der Waals surface area contributed by atoms with E-state index in [1.165, 1.54) is 24.3 Å². The fraction of sp³-hybridized carbons (Fsp3) is 0.300. The van der Waals surface area contributed by atoms with E-state index in [4.69, 9.17) is 9.47 Å². The van der Waals surface area contributed by atoms with Crippen LogP contribution in [0.2, 0.25) is 0 Å². The Labute approximate surface area is 164 Å². The summed E-state index contributed by atoms with van der Waals surface area (Å²) in [6.45, 7) is -0.759. The quantitative estimate of drug-likeness (QED) is 0.346. The third-order valence-corrected chi connectivity index (χ3v) is 5.09. The van der Waals surface area contributed by atoms with Crippen LogP contribution in [-0.4, -0.2) is 74.1 Å². The standard InChI is InChI=1S/C20H18O9/c21-8-14-17(24)18(25)19(26)20(27,29-14)28-9-5-6-12-13(7-9)16(23)11-4-2-1-3-10(11)15(12)22/h1-7,14,17-19,21,24-27H,8H2/t14-,17-,18+,19-,20-/m1/s1. The van der Waals surface area contributed by atoms with Crippen molar-refractivity contribution in [2.45, 2.75) is 30.4 Å². The Morgan fingerprint density at radius 1 is 0.897 bits per heavy atom. The van der Waals surface area contributed by atoms with Crippen LogP contribution < -0.4 is 4.74 Å². The lowest BCUT2D eigenvalue weighted by atomic mass is 9.84. The van der Waals surface area contributed by atoms with Crippen LogP contribution in [-0.2, 0) is 4.74 Å². The number of rotatable bonds is 3. The van der Waals surface area contributed by atoms with Gasteiger partial charge in [-0.3, -0.25) is 9.59 Å². The Balaban J connectivity index is 1.68. The van der Waals surface area contributed by atoms with Crippen molar-refractivity contribution in [1.29, 1.82) is 0 Å². The first kappa shape index (κ1) is 19.6. The molecule has 1 aliphatic heterocycles. The van der Waals surface area contributed by atoms with Gasteiger partial charge in [-0.1, -0.05) is 24.3 Å². The van der Waals surface area contributed by atoms with E-state index in [9.17, 15) is 35.1 Å². The molecule has 1 aliphatic carbocycles. The highest BCUT2D eigenvalue weighted by atomic mass is 16.8. The lowest BCUT2D eigenvalue weighted by molar-refractivity contribution is -0.422. The van der Waals surface area contributed by atoms with Crippen LogP contribution in [0.1, 0.15) is 31.8 Å². The summed E-state index contributed by atoms with van der Waals surface area (Å²) in [5.41, 5.74) is 0.709. The molecule has 0 radical (unpaired) electrons. The topological polar surface area (TPSA) is 154 Å². The molecule has 5 N–H and O–H groups in total. The first-order valence-electron chi connectivity index (χ1n) is 8.83. The van der Waals surface area contributed by atoms with Gasteiger partial charge < -0.3 is 35.0 Å². The van der Waals surface area contributed by atoms with Gasteiger partial charge in [-0.2, -0.15) is 0 Å². The molecule has 2 aromatic carbocycles. The van der Waals surface area contributed by atoms with Gasteiger partial charge in [0.1, 0.15) is 24.1 Å². The van der Waals surface area contributed by atoms with Gasteiger partial charge in [-0.05, 0) is 18.2 Å². The second kappa shape index (κ2) is 6.99. The summed E-state index contributed by atoms with van der Waals surface area (Å²) in [5, 5.41) is 49.6. The average molecular weight is 402 g/mol. The van der Waals surface area contributed by atoms with Crippen LogP contribution in [0, 0.1) is 0 Å². The summed E-state index contributed by atoms with van der Waals surface area (Å²) in [6, 6.07) is 10.2. The van der Waals surface area contributed by atoms with Crippen molar-refractivity contribution in [1.82, 2.24) is 0 Å². The Morgan fingerprint density at radius 2 is 1.48 bits per heavy atom. The van der Waals surface area contributed by atoms with Crippen LogP contribution >= 0.6 is 0 Å². The third-order valence-electron chi connectivity index (χ3n) is 5.09. The lowest BCUT2D eigenvalue weighted by Crippen LogP contribution is -2.67. The number of benzene rings is 2. The van der Waals surface area contributed by atoms with Crippen molar-refractivity contribution < 1.29 is 44.6 Å². The fourth-order valence-corrected chi connectivity index (χ4v) is 3.52. The summed E-state index contributed by atoms with van der Waals surface area (Å²) in [4.78, 5) is 25.4. The number of ether oxygens (including phenoxy) is 2. The van der Waals surface area contributed by atoms with Gasteiger partial charge in [0.2, 0.25) is 0 Å². The van der Waals surface area contributed by atoms with Crippen molar-refractivity contribution in [3.63, 3.8) is 0 Å². The van der Waals surface area contributed by atoms with Gasteiger partial charge in [0, 0.05) is 22.3 Å². The molecule has 2 aliphatic rings. The second-order valence-corrected chi connectivity index (χ2v) is 6.91. The second-order valence-electron chi connectivity index (χ2n) is 6.91. The Kier molecular flexibility index (Phi) is 4.74. The van der Waals surface area contributed by atoms with Crippen LogP contribution in [0.25, 0.3) is 0 Å². The van der Waals surface area contributed by atoms with E-state index in [0.717, 1.165) is 0 Å². The zero-order valence-corrected chi connectivity index (χ0v) is 14.9. The molecule has 4 rings (SSSR count). The van der Waals surface area contributed by atoms with Gasteiger partial charge >= 0.3 is 5.97 Å². The van der Waals surface area contributed by atoms with Crippen LogP contribution in [0.5, 0.6) is 5.75 Å². The molecule has 0 spiro atoms. The summed E-state index contributed by atoms with van der Waals surface area (Å²) in [5.74, 6) is -3.69. The van der Waals surface area contributed by atoms with E-state index in [1.807, 2.05) is 0 Å². The summed E-state index contributed by atoms with van der Waals surface area (Å²) < 4.78 is 10.3. The molecule has 5 atom stereocenters. The van der Waals surface area contributed by atoms with Gasteiger partial charge in [-0.25, -0.2) is 0 Å². The monoisotopic (exact) mass is 402 g/mol. The number of fused-ring (bicyclic) bond motifs is 2. The zero-order chi connectivity index (χ0) is 20.9. The summed E-state index contributed by atoms with van der Waals surface area (Å²) >= 11 is 0. The Bertz CT molecular complexity index is 986. The fourth-order valence-electron chi connectivity index (χ4n) is 3.52. The molecule has 0 saturated carbocycles. The molecule has 9 nitrogen and oxygen atoms in total. The molecule has 0 amide bonds. The number of aliphatic hydroxyl groups excluding tert-OH is 4. The minimum Gasteiger partial charge on any atom is -0.437 e. The molecule has 0 aromatic heterocycles. The van der Waals surface area contributed by atoms with Crippen molar-refractivity contribution in [3.8, 4) is 5.75 Å². The van der Waals surface area contributed by atoms with E-state index in [1.54, 1.807) is 18.2 Å². The number of aliphatic hydroxyl groups is 5. The number of carbonyl (C=O) groups excluding carboxylic acids is 2. The van der Waals surface area contributed by atoms with Crippen molar-refractivity contribution in [2.24, 2.45) is 0 Å². The van der Waals surface area contributed by atoms with E-state index in [0.29, 0.717) is 0 Å². The lowest BCUT2D eigenvalue weighted by Gasteiger charge is -2.44. The molecule has 29 heavy (non-hydrogen) atoms. The highest BCUT2D eigenvalue weighted by molar-refractivity contribution is 6.28. The molecule has 0 unspecified atom stereocenters. The molecular formula is C20H18O9. The minimum atomic E-state index is -2.81. The minimum absolute atomic E-state index is 0.0411. The molecule has 2 aromatic rings. The normalized spacial score (nSPS) is 31.2. The van der Waals surface area contributed by atoms with E-state index >= 15 is 0 Å². The molecule has 1 fully saturated rings. The van der Waals surface area contributed by atoms with Crippen LogP contribution in [0.4, 0.5) is 0 Å². The number of hydrogen-bond donors (Lipinski definition) is 5. The smallest absolute Gasteiger partial charge is 0.355 e. The zero-order valence-electron chi connectivity index (χ0n) is 14.9. The predicted molar refractivity (Wildman–Crippen MR) is 95.3 cm³/mol. The molecular weight excluding hydrogens is 384 g/mol. The first-order valence-corrected chi connectivity index (χ1v) is 8.83. The van der Waals surface area contributed by atoms with E-state index in [2.05, 4.69) is 0 Å². The van der Waals surface area contributed by atoms with E-state index < -0.39 is 42.8 Å². The van der Waals surface area contributed by atoms with Gasteiger partial charge in [0.25, 0.3) is 0 Å². The predicted octanol–water partition coefficient (Wildman–Crippen LogP) is -1.04. The largest absolute Gasteiger partial charge is 0.437 e. The third kappa shape index (κ3) is 3.04. The number of carbonyl (C=O) groups is 2. The summed E-state index contributed by atoms with van der Waals surface area (Å²) in [7, 11) is 0. The highest BCUT2D eigenvalue weighted by Crippen LogP contribution is 2.34. The maximum atomic E-state index is 12.8. The number of hydrogen-bond acceptors (Lipinski definition) is 9. The van der Waals surface area contributed by atoms with Gasteiger partial charge in [0.05, 0.1) is 6.61 Å². The van der Waals surface area contributed by atoms with Gasteiger partial charge in [-0.15, -0.1) is 0 Å². The summed E-state index contributed by atoms with van der Waals surface area (Å²) in [6.07, 6.45) is -7.02. The molecule has 1 heterocycles. The van der Waals surface area contributed by atoms with Crippen LogP contribution in [0.15, 0.2) is 42.5 Å². The Morgan fingerprint density at radius 3 is 2.10 bits per heavy atom.